The monoisotopic (exact) mass is 265 g/mol. The molecule has 0 aliphatic carbocycles. The minimum Gasteiger partial charge on any atom is -0.454 e. The van der Waals surface area contributed by atoms with Gasteiger partial charge in [-0.05, 0) is 30.5 Å². The highest BCUT2D eigenvalue weighted by Gasteiger charge is 2.17. The van der Waals surface area contributed by atoms with Crippen LogP contribution in [0.3, 0.4) is 0 Å². The van der Waals surface area contributed by atoms with Gasteiger partial charge < -0.3 is 19.9 Å². The number of aliphatic hydroxyl groups excluding tert-OH is 1. The first-order valence-electron chi connectivity index (χ1n) is 7.05. The summed E-state index contributed by atoms with van der Waals surface area (Å²) in [7, 11) is 0. The summed E-state index contributed by atoms with van der Waals surface area (Å²) in [5, 5.41) is 13.6. The van der Waals surface area contributed by atoms with Gasteiger partial charge in [0.05, 0.1) is 6.10 Å². The van der Waals surface area contributed by atoms with Crippen LogP contribution in [0.15, 0.2) is 18.2 Å². The van der Waals surface area contributed by atoms with Crippen LogP contribution in [-0.2, 0) is 0 Å². The summed E-state index contributed by atoms with van der Waals surface area (Å²) in [6, 6.07) is 6.08. The van der Waals surface area contributed by atoms with E-state index in [9.17, 15) is 5.11 Å². The standard InChI is InChI=1S/C15H23NO3/c1-3-5-12(4-2)16-9-13(17)11-6-7-14-15(8-11)19-10-18-14/h6-8,12-13,16-17H,3-5,9-10H2,1-2H3. The summed E-state index contributed by atoms with van der Waals surface area (Å²) in [4.78, 5) is 0. The molecule has 2 atom stereocenters. The van der Waals surface area contributed by atoms with E-state index in [0.29, 0.717) is 12.6 Å². The average Bonchev–Trinajstić information content (AvgIpc) is 2.90. The smallest absolute Gasteiger partial charge is 0.231 e. The zero-order valence-corrected chi connectivity index (χ0v) is 11.7. The molecule has 0 amide bonds. The van der Waals surface area contributed by atoms with Crippen molar-refractivity contribution in [3.63, 3.8) is 0 Å². The van der Waals surface area contributed by atoms with Gasteiger partial charge in [0, 0.05) is 12.6 Å². The molecular formula is C15H23NO3. The highest BCUT2D eigenvalue weighted by atomic mass is 16.7. The van der Waals surface area contributed by atoms with Crippen molar-refractivity contribution in [1.82, 2.24) is 5.32 Å². The Morgan fingerprint density at radius 2 is 2.05 bits per heavy atom. The van der Waals surface area contributed by atoms with Crippen molar-refractivity contribution in [2.45, 2.75) is 45.3 Å². The zero-order chi connectivity index (χ0) is 13.7. The molecule has 0 bridgehead atoms. The lowest BCUT2D eigenvalue weighted by molar-refractivity contribution is 0.166. The quantitative estimate of drug-likeness (QED) is 0.795. The van der Waals surface area contributed by atoms with E-state index >= 15 is 0 Å². The van der Waals surface area contributed by atoms with Crippen molar-refractivity contribution in [3.8, 4) is 11.5 Å². The van der Waals surface area contributed by atoms with Crippen LogP contribution < -0.4 is 14.8 Å². The lowest BCUT2D eigenvalue weighted by atomic mass is 10.1. The van der Waals surface area contributed by atoms with E-state index < -0.39 is 6.10 Å². The van der Waals surface area contributed by atoms with Crippen LogP contribution in [0.2, 0.25) is 0 Å². The molecule has 1 aromatic rings. The molecule has 1 aliphatic heterocycles. The van der Waals surface area contributed by atoms with Gasteiger partial charge in [0.1, 0.15) is 0 Å². The van der Waals surface area contributed by atoms with Crippen LogP contribution in [0, 0.1) is 0 Å². The predicted octanol–water partition coefficient (Wildman–Crippen LogP) is 2.62. The van der Waals surface area contributed by atoms with E-state index in [1.807, 2.05) is 18.2 Å². The first-order chi connectivity index (χ1) is 9.24. The summed E-state index contributed by atoms with van der Waals surface area (Å²) in [6.07, 6.45) is 2.87. The normalized spacial score (nSPS) is 16.4. The van der Waals surface area contributed by atoms with Gasteiger partial charge in [-0.3, -0.25) is 0 Å². The van der Waals surface area contributed by atoms with E-state index in [4.69, 9.17) is 9.47 Å². The molecule has 2 N–H and O–H groups in total. The van der Waals surface area contributed by atoms with Gasteiger partial charge >= 0.3 is 0 Å². The van der Waals surface area contributed by atoms with E-state index in [0.717, 1.165) is 36.3 Å². The maximum atomic E-state index is 10.2. The Kier molecular flexibility index (Phi) is 5.05. The van der Waals surface area contributed by atoms with Crippen LogP contribution in [-0.4, -0.2) is 24.5 Å². The van der Waals surface area contributed by atoms with Crippen molar-refractivity contribution in [1.29, 1.82) is 0 Å². The fourth-order valence-electron chi connectivity index (χ4n) is 2.32. The first kappa shape index (κ1) is 14.2. The number of nitrogens with one attached hydrogen (secondary N) is 1. The maximum Gasteiger partial charge on any atom is 0.231 e. The van der Waals surface area contributed by atoms with Crippen LogP contribution in [0.4, 0.5) is 0 Å². The Labute approximate surface area is 114 Å². The summed E-state index contributed by atoms with van der Waals surface area (Å²) in [6.45, 7) is 5.18. The number of hydrogen-bond acceptors (Lipinski definition) is 4. The van der Waals surface area contributed by atoms with E-state index in [1.165, 1.54) is 0 Å². The molecule has 0 radical (unpaired) electrons. The predicted molar refractivity (Wildman–Crippen MR) is 74.5 cm³/mol. The molecule has 0 saturated heterocycles. The number of rotatable bonds is 7. The Morgan fingerprint density at radius 1 is 1.26 bits per heavy atom. The number of ether oxygens (including phenoxy) is 2. The molecule has 1 aromatic carbocycles. The molecule has 4 nitrogen and oxygen atoms in total. The summed E-state index contributed by atoms with van der Waals surface area (Å²) < 4.78 is 10.6. The Hall–Kier alpha value is -1.26. The van der Waals surface area contributed by atoms with Crippen LogP contribution in [0.5, 0.6) is 11.5 Å². The second-order valence-corrected chi connectivity index (χ2v) is 4.93. The number of hydrogen-bond donors (Lipinski definition) is 2. The van der Waals surface area contributed by atoms with E-state index in [-0.39, 0.29) is 6.79 Å². The van der Waals surface area contributed by atoms with Gasteiger partial charge in [-0.15, -0.1) is 0 Å². The third kappa shape index (κ3) is 3.61. The van der Waals surface area contributed by atoms with Crippen molar-refractivity contribution >= 4 is 0 Å². The molecule has 1 aliphatic rings. The molecule has 2 rings (SSSR count). The topological polar surface area (TPSA) is 50.7 Å². The summed E-state index contributed by atoms with van der Waals surface area (Å²) >= 11 is 0. The molecule has 19 heavy (non-hydrogen) atoms. The van der Waals surface area contributed by atoms with Crippen LogP contribution in [0.1, 0.15) is 44.8 Å². The molecular weight excluding hydrogens is 242 g/mol. The van der Waals surface area contributed by atoms with Gasteiger partial charge in [0.2, 0.25) is 6.79 Å². The van der Waals surface area contributed by atoms with Gasteiger partial charge in [0.25, 0.3) is 0 Å². The molecule has 0 aromatic heterocycles. The molecule has 0 fully saturated rings. The molecule has 106 valence electrons. The summed E-state index contributed by atoms with van der Waals surface area (Å²) in [5.41, 5.74) is 0.864. The molecule has 2 unspecified atom stereocenters. The van der Waals surface area contributed by atoms with Gasteiger partial charge in [-0.1, -0.05) is 26.3 Å². The van der Waals surface area contributed by atoms with Crippen molar-refractivity contribution in [2.24, 2.45) is 0 Å². The van der Waals surface area contributed by atoms with E-state index in [2.05, 4.69) is 19.2 Å². The Bertz CT molecular complexity index is 408. The van der Waals surface area contributed by atoms with Gasteiger partial charge in [0.15, 0.2) is 11.5 Å². The summed E-state index contributed by atoms with van der Waals surface area (Å²) in [5.74, 6) is 1.47. The SMILES string of the molecule is CCCC(CC)NCC(O)c1ccc2c(c1)OCO2. The Balaban J connectivity index is 1.90. The first-order valence-corrected chi connectivity index (χ1v) is 7.05. The van der Waals surface area contributed by atoms with Crippen molar-refractivity contribution < 1.29 is 14.6 Å². The largest absolute Gasteiger partial charge is 0.454 e. The lowest BCUT2D eigenvalue weighted by Crippen LogP contribution is -2.32. The van der Waals surface area contributed by atoms with Crippen molar-refractivity contribution in [2.75, 3.05) is 13.3 Å². The number of benzene rings is 1. The molecule has 0 saturated carbocycles. The molecule has 4 heteroatoms. The van der Waals surface area contributed by atoms with Crippen molar-refractivity contribution in [3.05, 3.63) is 23.8 Å². The highest BCUT2D eigenvalue weighted by molar-refractivity contribution is 5.45. The number of aliphatic hydroxyl groups is 1. The van der Waals surface area contributed by atoms with E-state index in [1.54, 1.807) is 0 Å². The maximum absolute atomic E-state index is 10.2. The van der Waals surface area contributed by atoms with Gasteiger partial charge in [-0.25, -0.2) is 0 Å². The second-order valence-electron chi connectivity index (χ2n) is 4.93. The zero-order valence-electron chi connectivity index (χ0n) is 11.7. The minimum absolute atomic E-state index is 0.265. The number of fused-ring (bicyclic) bond motifs is 1. The third-order valence-electron chi connectivity index (χ3n) is 3.51. The second kappa shape index (κ2) is 6.78. The lowest BCUT2D eigenvalue weighted by Gasteiger charge is -2.19. The van der Waals surface area contributed by atoms with Gasteiger partial charge in [-0.2, -0.15) is 0 Å². The minimum atomic E-state index is -0.514. The molecule has 0 spiro atoms. The third-order valence-corrected chi connectivity index (χ3v) is 3.51. The fourth-order valence-corrected chi connectivity index (χ4v) is 2.32. The van der Waals surface area contributed by atoms with Crippen LogP contribution in [0.25, 0.3) is 0 Å². The van der Waals surface area contributed by atoms with Crippen LogP contribution >= 0.6 is 0 Å². The fraction of sp³-hybridized carbons (Fsp3) is 0.600. The molecule has 1 heterocycles. The Morgan fingerprint density at radius 3 is 2.79 bits per heavy atom. The average molecular weight is 265 g/mol. The highest BCUT2D eigenvalue weighted by Crippen LogP contribution is 2.34.